The van der Waals surface area contributed by atoms with E-state index in [2.05, 4.69) is 35.5 Å². The summed E-state index contributed by atoms with van der Waals surface area (Å²) in [4.78, 5) is 2.30. The van der Waals surface area contributed by atoms with Gasteiger partial charge in [0, 0.05) is 25.5 Å². The van der Waals surface area contributed by atoms with Crippen molar-refractivity contribution in [2.24, 2.45) is 5.73 Å². The maximum atomic E-state index is 5.62. The Morgan fingerprint density at radius 2 is 1.68 bits per heavy atom. The van der Waals surface area contributed by atoms with Crippen LogP contribution in [-0.4, -0.2) is 24.2 Å². The van der Waals surface area contributed by atoms with Crippen LogP contribution in [0.2, 0.25) is 0 Å². The summed E-state index contributed by atoms with van der Waals surface area (Å²) in [6, 6.07) is 0. The van der Waals surface area contributed by atoms with Crippen molar-refractivity contribution in [2.45, 2.75) is 83.7 Å². The van der Waals surface area contributed by atoms with Crippen LogP contribution in [0.4, 0.5) is 0 Å². The molecule has 1 unspecified atom stereocenters. The Kier molecular flexibility index (Phi) is 11.9. The number of nitrogens with one attached hydrogen (secondary N) is 1. The zero-order valence-corrected chi connectivity index (χ0v) is 14.6. The molecule has 0 aliphatic carbocycles. The van der Waals surface area contributed by atoms with E-state index in [-0.39, 0.29) is 0 Å². The van der Waals surface area contributed by atoms with Crippen molar-refractivity contribution >= 4 is 0 Å². The lowest BCUT2D eigenvalue weighted by molar-refractivity contribution is 0.272. The van der Waals surface area contributed by atoms with Gasteiger partial charge in [0.25, 0.3) is 0 Å². The average molecular weight is 308 g/mol. The second kappa shape index (κ2) is 13.7. The van der Waals surface area contributed by atoms with Gasteiger partial charge < -0.3 is 16.0 Å². The van der Waals surface area contributed by atoms with Gasteiger partial charge in [0.05, 0.1) is 6.17 Å². The predicted molar refractivity (Wildman–Crippen MR) is 97.4 cm³/mol. The van der Waals surface area contributed by atoms with Gasteiger partial charge in [0.2, 0.25) is 0 Å². The molecule has 128 valence electrons. The maximum Gasteiger partial charge on any atom is 0.0984 e. The quantitative estimate of drug-likeness (QED) is 0.366. The summed E-state index contributed by atoms with van der Waals surface area (Å²) < 4.78 is 0. The van der Waals surface area contributed by atoms with Crippen molar-refractivity contribution in [1.29, 1.82) is 0 Å². The predicted octanol–water partition coefficient (Wildman–Crippen LogP) is 4.51. The molecule has 0 spiro atoms. The van der Waals surface area contributed by atoms with Crippen molar-refractivity contribution in [3.8, 4) is 0 Å². The first-order chi connectivity index (χ1) is 10.9. The van der Waals surface area contributed by atoms with Crippen LogP contribution >= 0.6 is 0 Å². The van der Waals surface area contributed by atoms with Crippen LogP contribution in [0.1, 0.15) is 77.6 Å². The molecule has 1 rings (SSSR count). The number of hydrogen-bond donors (Lipinski definition) is 2. The molecule has 0 saturated heterocycles. The maximum absolute atomic E-state index is 5.62. The molecule has 0 fully saturated rings. The third-order valence-electron chi connectivity index (χ3n) is 4.34. The summed E-state index contributed by atoms with van der Waals surface area (Å²) in [6.07, 6.45) is 24.1. The Balaban J connectivity index is 1.88. The Hall–Kier alpha value is -0.960. The summed E-state index contributed by atoms with van der Waals surface area (Å²) in [6.45, 7) is 3.94. The van der Waals surface area contributed by atoms with Gasteiger partial charge in [0.15, 0.2) is 0 Å². The molecule has 3 heteroatoms. The van der Waals surface area contributed by atoms with E-state index >= 15 is 0 Å². The number of hydrogen-bond acceptors (Lipinski definition) is 3. The van der Waals surface area contributed by atoms with Gasteiger partial charge in [-0.3, -0.25) is 0 Å². The summed E-state index contributed by atoms with van der Waals surface area (Å²) >= 11 is 0. The topological polar surface area (TPSA) is 41.3 Å². The average Bonchev–Trinajstić information content (AvgIpc) is 2.96. The molecule has 3 nitrogen and oxygen atoms in total. The number of rotatable bonds is 14. The van der Waals surface area contributed by atoms with Gasteiger partial charge in [-0.25, -0.2) is 0 Å². The molecular weight excluding hydrogens is 270 g/mol. The van der Waals surface area contributed by atoms with Crippen molar-refractivity contribution in [2.75, 3.05) is 13.1 Å². The molecule has 1 atom stereocenters. The Labute approximate surface area is 138 Å². The Morgan fingerprint density at radius 3 is 2.41 bits per heavy atom. The molecule has 0 amide bonds. The summed E-state index contributed by atoms with van der Waals surface area (Å²) in [7, 11) is 0. The molecule has 0 aromatic rings. The van der Waals surface area contributed by atoms with Crippen molar-refractivity contribution in [3.05, 3.63) is 24.6 Å². The second-order valence-corrected chi connectivity index (χ2v) is 6.34. The molecule has 22 heavy (non-hydrogen) atoms. The minimum atomic E-state index is 0.441. The minimum Gasteiger partial charge on any atom is -0.370 e. The third-order valence-corrected chi connectivity index (χ3v) is 4.34. The largest absolute Gasteiger partial charge is 0.370 e. The van der Waals surface area contributed by atoms with E-state index in [0.29, 0.717) is 6.17 Å². The van der Waals surface area contributed by atoms with E-state index in [4.69, 9.17) is 5.73 Å². The SMILES string of the molecule is CCCCCCCCCC/C=C/CCC1NC=CN1CCN. The fourth-order valence-electron chi connectivity index (χ4n) is 2.96. The normalized spacial score (nSPS) is 17.5. The van der Waals surface area contributed by atoms with Crippen LogP contribution in [0, 0.1) is 0 Å². The smallest absolute Gasteiger partial charge is 0.0984 e. The molecular formula is C19H37N3. The molecule has 1 aliphatic rings. The van der Waals surface area contributed by atoms with Gasteiger partial charge >= 0.3 is 0 Å². The summed E-state index contributed by atoms with van der Waals surface area (Å²) in [5, 5.41) is 3.39. The zero-order chi connectivity index (χ0) is 15.9. The van der Waals surface area contributed by atoms with Crippen molar-refractivity contribution in [1.82, 2.24) is 10.2 Å². The van der Waals surface area contributed by atoms with Gasteiger partial charge in [-0.15, -0.1) is 0 Å². The highest BCUT2D eigenvalue weighted by atomic mass is 15.3. The summed E-state index contributed by atoms with van der Waals surface area (Å²) in [5.41, 5.74) is 5.62. The highest BCUT2D eigenvalue weighted by molar-refractivity contribution is 4.95. The number of nitrogens with two attached hydrogens (primary N) is 1. The molecule has 0 bridgehead atoms. The van der Waals surface area contributed by atoms with E-state index in [1.165, 1.54) is 57.8 Å². The molecule has 3 N–H and O–H groups in total. The monoisotopic (exact) mass is 307 g/mol. The van der Waals surface area contributed by atoms with E-state index in [9.17, 15) is 0 Å². The highest BCUT2D eigenvalue weighted by Crippen LogP contribution is 2.12. The van der Waals surface area contributed by atoms with Crippen LogP contribution in [0.3, 0.4) is 0 Å². The van der Waals surface area contributed by atoms with Gasteiger partial charge in [-0.05, 0) is 25.7 Å². The van der Waals surface area contributed by atoms with Crippen LogP contribution in [0.5, 0.6) is 0 Å². The number of unbranched alkanes of at least 4 members (excludes halogenated alkanes) is 8. The lowest BCUT2D eigenvalue weighted by Gasteiger charge is -2.24. The van der Waals surface area contributed by atoms with Gasteiger partial charge in [-0.2, -0.15) is 0 Å². The van der Waals surface area contributed by atoms with E-state index in [1.54, 1.807) is 0 Å². The highest BCUT2D eigenvalue weighted by Gasteiger charge is 2.15. The van der Waals surface area contributed by atoms with Crippen LogP contribution in [-0.2, 0) is 0 Å². The van der Waals surface area contributed by atoms with E-state index < -0.39 is 0 Å². The third kappa shape index (κ3) is 9.14. The Bertz CT molecular complexity index is 299. The first kappa shape index (κ1) is 19.1. The molecule has 1 aliphatic heterocycles. The Morgan fingerprint density at radius 1 is 1.00 bits per heavy atom. The second-order valence-electron chi connectivity index (χ2n) is 6.34. The molecule has 0 aromatic heterocycles. The molecule has 0 radical (unpaired) electrons. The van der Waals surface area contributed by atoms with Crippen LogP contribution in [0.25, 0.3) is 0 Å². The zero-order valence-electron chi connectivity index (χ0n) is 14.6. The van der Waals surface area contributed by atoms with E-state index in [1.807, 2.05) is 6.20 Å². The standard InChI is InChI=1S/C19H37N3/c1-2-3-4-5-6-7-8-9-10-11-12-13-14-19-21-16-18-22(19)17-15-20/h11-12,16,18-19,21H,2-10,13-15,17,20H2,1H3/b12-11+. The fourth-order valence-corrected chi connectivity index (χ4v) is 2.96. The van der Waals surface area contributed by atoms with Crippen molar-refractivity contribution < 1.29 is 0 Å². The van der Waals surface area contributed by atoms with Crippen LogP contribution < -0.4 is 11.1 Å². The number of nitrogens with zero attached hydrogens (tertiary/aromatic N) is 1. The molecule has 0 aromatic carbocycles. The fraction of sp³-hybridized carbons (Fsp3) is 0.789. The van der Waals surface area contributed by atoms with Crippen molar-refractivity contribution in [3.63, 3.8) is 0 Å². The van der Waals surface area contributed by atoms with Gasteiger partial charge in [0.1, 0.15) is 0 Å². The van der Waals surface area contributed by atoms with Crippen LogP contribution in [0.15, 0.2) is 24.6 Å². The minimum absolute atomic E-state index is 0.441. The first-order valence-electron chi connectivity index (χ1n) is 9.42. The molecule has 1 heterocycles. The summed E-state index contributed by atoms with van der Waals surface area (Å²) in [5.74, 6) is 0. The number of allylic oxidation sites excluding steroid dienone is 2. The molecule has 0 saturated carbocycles. The lowest BCUT2D eigenvalue weighted by atomic mass is 10.1. The van der Waals surface area contributed by atoms with Gasteiger partial charge in [-0.1, -0.05) is 64.0 Å². The first-order valence-corrected chi connectivity index (χ1v) is 9.42. The van der Waals surface area contributed by atoms with E-state index in [0.717, 1.165) is 25.9 Å². The lowest BCUT2D eigenvalue weighted by Crippen LogP contribution is -2.37.